The highest BCUT2D eigenvalue weighted by atomic mass is 16.5. The van der Waals surface area contributed by atoms with Gasteiger partial charge in [-0.3, -0.25) is 0 Å². The maximum Gasteiger partial charge on any atom is 0.169 e. The van der Waals surface area contributed by atoms with Crippen LogP contribution in [0.3, 0.4) is 0 Å². The zero-order valence-electron chi connectivity index (χ0n) is 13.5. The Labute approximate surface area is 136 Å². The third-order valence-electron chi connectivity index (χ3n) is 4.97. The molecule has 3 aliphatic heterocycles. The largest absolute Gasteiger partial charge is 0.507 e. The van der Waals surface area contributed by atoms with Gasteiger partial charge in [-0.05, 0) is 73.9 Å². The van der Waals surface area contributed by atoms with E-state index in [0.29, 0.717) is 5.75 Å². The molecule has 1 unspecified atom stereocenters. The first-order valence-electron chi connectivity index (χ1n) is 8.44. The second-order valence-corrected chi connectivity index (χ2v) is 6.55. The molecule has 3 heteroatoms. The van der Waals surface area contributed by atoms with Gasteiger partial charge in [0.05, 0.1) is 13.2 Å². The van der Waals surface area contributed by atoms with Crippen LogP contribution in [-0.4, -0.2) is 18.3 Å². The molecule has 1 N–H and O–H groups in total. The Hall–Kier alpha value is -2.16. The average Bonchev–Trinajstić information content (AvgIpc) is 2.64. The molecule has 2 aromatic carbocycles. The van der Waals surface area contributed by atoms with Gasteiger partial charge in [0.25, 0.3) is 0 Å². The van der Waals surface area contributed by atoms with E-state index in [1.165, 1.54) is 17.5 Å². The summed E-state index contributed by atoms with van der Waals surface area (Å²) in [5.74, 6) is 1.85. The molecule has 0 aliphatic carbocycles. The summed E-state index contributed by atoms with van der Waals surface area (Å²) < 4.78 is 12.0. The first-order chi connectivity index (χ1) is 11.2. The second kappa shape index (κ2) is 5.80. The van der Waals surface area contributed by atoms with E-state index in [1.54, 1.807) is 13.2 Å². The molecular formula is C20H22O3. The van der Waals surface area contributed by atoms with Crippen LogP contribution in [0.5, 0.6) is 17.2 Å². The molecule has 0 fully saturated rings. The van der Waals surface area contributed by atoms with Crippen molar-refractivity contribution in [2.45, 2.75) is 44.6 Å². The Bertz CT molecular complexity index is 736. The van der Waals surface area contributed by atoms with Crippen molar-refractivity contribution >= 4 is 0 Å². The van der Waals surface area contributed by atoms with Gasteiger partial charge < -0.3 is 14.6 Å². The van der Waals surface area contributed by atoms with E-state index >= 15 is 0 Å². The van der Waals surface area contributed by atoms with Crippen LogP contribution in [0, 0.1) is 0 Å². The number of ether oxygens (including phenoxy) is 2. The van der Waals surface area contributed by atoms with Gasteiger partial charge in [-0.25, -0.2) is 0 Å². The zero-order valence-corrected chi connectivity index (χ0v) is 13.5. The lowest BCUT2D eigenvalue weighted by Crippen LogP contribution is -2.19. The second-order valence-electron chi connectivity index (χ2n) is 6.55. The van der Waals surface area contributed by atoms with Crippen LogP contribution in [-0.2, 0) is 12.8 Å². The molecule has 23 heavy (non-hydrogen) atoms. The molecule has 0 spiro atoms. The Morgan fingerprint density at radius 1 is 1.00 bits per heavy atom. The van der Waals surface area contributed by atoms with Gasteiger partial charge in [0.2, 0.25) is 0 Å². The maximum absolute atomic E-state index is 10.4. The third-order valence-corrected chi connectivity index (χ3v) is 4.97. The predicted molar refractivity (Wildman–Crippen MR) is 90.4 cm³/mol. The number of hydrogen-bond donors (Lipinski definition) is 1. The summed E-state index contributed by atoms with van der Waals surface area (Å²) in [6, 6.07) is 10.2. The minimum atomic E-state index is 0.197. The Morgan fingerprint density at radius 3 is 2.74 bits per heavy atom. The molecular weight excluding hydrogens is 288 g/mol. The number of rotatable bonds is 1. The highest BCUT2D eigenvalue weighted by Gasteiger charge is 2.24. The Balaban J connectivity index is 2.00. The van der Waals surface area contributed by atoms with E-state index in [0.717, 1.165) is 54.7 Å². The van der Waals surface area contributed by atoms with Crippen LogP contribution in [0.25, 0.3) is 11.1 Å². The number of benzene rings is 2. The normalized spacial score (nSPS) is 19.4. The van der Waals surface area contributed by atoms with Crippen LogP contribution in [0.2, 0.25) is 0 Å². The van der Waals surface area contributed by atoms with Crippen molar-refractivity contribution in [3.63, 3.8) is 0 Å². The van der Waals surface area contributed by atoms with Gasteiger partial charge in [-0.1, -0.05) is 6.07 Å². The minimum absolute atomic E-state index is 0.197. The van der Waals surface area contributed by atoms with Crippen LogP contribution < -0.4 is 9.47 Å². The van der Waals surface area contributed by atoms with Crippen molar-refractivity contribution in [1.82, 2.24) is 0 Å². The van der Waals surface area contributed by atoms with Crippen molar-refractivity contribution in [2.75, 3.05) is 7.11 Å². The molecule has 3 heterocycles. The van der Waals surface area contributed by atoms with Crippen molar-refractivity contribution < 1.29 is 14.6 Å². The van der Waals surface area contributed by atoms with Gasteiger partial charge in [0.1, 0.15) is 5.75 Å². The van der Waals surface area contributed by atoms with Crippen molar-refractivity contribution in [3.05, 3.63) is 41.5 Å². The molecule has 6 bridgehead atoms. The van der Waals surface area contributed by atoms with E-state index in [4.69, 9.17) is 9.47 Å². The van der Waals surface area contributed by atoms with Crippen molar-refractivity contribution in [3.8, 4) is 28.4 Å². The topological polar surface area (TPSA) is 38.7 Å². The number of phenolic OH excluding ortho intramolecular Hbond substituents is 1. The van der Waals surface area contributed by atoms with Gasteiger partial charge >= 0.3 is 0 Å². The molecule has 0 radical (unpaired) electrons. The minimum Gasteiger partial charge on any atom is -0.507 e. The quantitative estimate of drug-likeness (QED) is 0.843. The molecule has 0 amide bonds. The number of methoxy groups -OCH3 is 1. The molecule has 0 saturated carbocycles. The SMILES string of the molecule is COc1cc2cc3c1OC(CCCC2)CCc1ccc(O)c-3c1. The highest BCUT2D eigenvalue weighted by molar-refractivity contribution is 5.79. The summed E-state index contributed by atoms with van der Waals surface area (Å²) >= 11 is 0. The summed E-state index contributed by atoms with van der Waals surface area (Å²) in [6.07, 6.45) is 6.62. The van der Waals surface area contributed by atoms with Crippen LogP contribution in [0.4, 0.5) is 0 Å². The van der Waals surface area contributed by atoms with E-state index in [9.17, 15) is 5.11 Å². The smallest absolute Gasteiger partial charge is 0.169 e. The molecule has 1 atom stereocenters. The van der Waals surface area contributed by atoms with Crippen molar-refractivity contribution in [1.29, 1.82) is 0 Å². The molecule has 0 saturated heterocycles. The standard InChI is InChI=1S/C20H22O3/c1-22-19-12-14-4-2-3-5-15-8-6-13-7-9-18(21)16(10-13)17(11-14)20(19)23-15/h7,9-12,15,21H,2-6,8H2,1H3. The summed E-state index contributed by atoms with van der Waals surface area (Å²) in [7, 11) is 1.69. The fourth-order valence-electron chi connectivity index (χ4n) is 3.69. The first-order valence-corrected chi connectivity index (χ1v) is 8.44. The number of hydrogen-bond acceptors (Lipinski definition) is 3. The number of phenols is 1. The summed E-state index contributed by atoms with van der Waals surface area (Å²) in [5, 5.41) is 10.4. The number of fused-ring (bicyclic) bond motifs is 6. The van der Waals surface area contributed by atoms with Crippen molar-refractivity contribution in [2.24, 2.45) is 0 Å². The average molecular weight is 310 g/mol. The fraction of sp³-hybridized carbons (Fsp3) is 0.400. The van der Waals surface area contributed by atoms with Gasteiger partial charge in [-0.15, -0.1) is 0 Å². The lowest BCUT2D eigenvalue weighted by molar-refractivity contribution is 0.171. The van der Waals surface area contributed by atoms with Gasteiger partial charge in [0, 0.05) is 11.1 Å². The molecule has 3 aliphatic rings. The molecule has 5 rings (SSSR count). The summed E-state index contributed by atoms with van der Waals surface area (Å²) in [6.45, 7) is 0. The van der Waals surface area contributed by atoms with E-state index in [-0.39, 0.29) is 6.10 Å². The predicted octanol–water partition coefficient (Wildman–Crippen LogP) is 4.49. The Morgan fingerprint density at radius 2 is 1.87 bits per heavy atom. The maximum atomic E-state index is 10.4. The fourth-order valence-corrected chi connectivity index (χ4v) is 3.69. The monoisotopic (exact) mass is 310 g/mol. The number of aryl methyl sites for hydroxylation is 2. The highest BCUT2D eigenvalue weighted by Crippen LogP contribution is 2.45. The molecule has 120 valence electrons. The molecule has 3 nitrogen and oxygen atoms in total. The molecule has 2 aromatic rings. The lowest BCUT2D eigenvalue weighted by atomic mass is 9.96. The molecule has 0 aromatic heterocycles. The Kier molecular flexibility index (Phi) is 3.64. The third kappa shape index (κ3) is 2.65. The van der Waals surface area contributed by atoms with E-state index in [2.05, 4.69) is 18.2 Å². The van der Waals surface area contributed by atoms with E-state index in [1.807, 2.05) is 6.07 Å². The van der Waals surface area contributed by atoms with Crippen LogP contribution in [0.1, 0.15) is 36.8 Å². The first kappa shape index (κ1) is 14.4. The summed E-state index contributed by atoms with van der Waals surface area (Å²) in [5.41, 5.74) is 4.29. The summed E-state index contributed by atoms with van der Waals surface area (Å²) in [4.78, 5) is 0. The van der Waals surface area contributed by atoms with Gasteiger partial charge in [-0.2, -0.15) is 0 Å². The number of aromatic hydroxyl groups is 1. The van der Waals surface area contributed by atoms with Crippen LogP contribution in [0.15, 0.2) is 30.3 Å². The zero-order chi connectivity index (χ0) is 15.8. The van der Waals surface area contributed by atoms with Crippen LogP contribution >= 0.6 is 0 Å². The van der Waals surface area contributed by atoms with E-state index < -0.39 is 0 Å². The van der Waals surface area contributed by atoms with Gasteiger partial charge in [0.15, 0.2) is 11.5 Å². The lowest BCUT2D eigenvalue weighted by Gasteiger charge is -2.24.